The first-order chi connectivity index (χ1) is 7.49. The minimum Gasteiger partial charge on any atom is -0.476 e. The molecule has 0 aliphatic carbocycles. The quantitative estimate of drug-likeness (QED) is 0.760. The van der Waals surface area contributed by atoms with E-state index < -0.39 is 5.97 Å². The van der Waals surface area contributed by atoms with Crippen LogP contribution in [0.25, 0.3) is 0 Å². The van der Waals surface area contributed by atoms with Crippen molar-refractivity contribution in [3.63, 3.8) is 0 Å². The van der Waals surface area contributed by atoms with E-state index in [1.165, 1.54) is 12.4 Å². The molecule has 16 heavy (non-hydrogen) atoms. The lowest BCUT2D eigenvalue weighted by Gasteiger charge is -2.18. The lowest BCUT2D eigenvalue weighted by atomic mass is 10.3. The summed E-state index contributed by atoms with van der Waals surface area (Å²) >= 11 is 0. The third-order valence-electron chi connectivity index (χ3n) is 1.90. The summed E-state index contributed by atoms with van der Waals surface area (Å²) in [6.07, 6.45) is 2.67. The normalized spacial score (nSPS) is 12.5. The zero-order valence-corrected chi connectivity index (χ0v) is 9.64. The molecule has 0 fully saturated rings. The van der Waals surface area contributed by atoms with Crippen LogP contribution in [0.4, 0.5) is 5.82 Å². The fourth-order valence-corrected chi connectivity index (χ4v) is 1.36. The smallest absolute Gasteiger partial charge is 0.356 e. The predicted molar refractivity (Wildman–Crippen MR) is 60.6 cm³/mol. The average Bonchev–Trinajstić information content (AvgIpc) is 2.16. The highest BCUT2D eigenvalue weighted by molar-refractivity contribution is 5.84. The molecule has 0 radical (unpaired) electrons. The van der Waals surface area contributed by atoms with Crippen LogP contribution in [0.1, 0.15) is 17.4 Å². The predicted octanol–water partition coefficient (Wildman–Crippen LogP) is 0.537. The van der Waals surface area contributed by atoms with Crippen LogP contribution in [0.5, 0.6) is 0 Å². The Morgan fingerprint density at radius 1 is 1.50 bits per heavy atom. The van der Waals surface area contributed by atoms with E-state index in [2.05, 4.69) is 20.2 Å². The summed E-state index contributed by atoms with van der Waals surface area (Å²) < 4.78 is 0. The van der Waals surface area contributed by atoms with Crippen molar-refractivity contribution in [3.05, 3.63) is 18.1 Å². The number of carboxylic acid groups (broad SMARTS) is 1. The maximum absolute atomic E-state index is 10.6. The van der Waals surface area contributed by atoms with Crippen molar-refractivity contribution < 1.29 is 9.90 Å². The van der Waals surface area contributed by atoms with Crippen LogP contribution in [0.3, 0.4) is 0 Å². The van der Waals surface area contributed by atoms with Gasteiger partial charge in [-0.15, -0.1) is 0 Å². The standard InChI is InChI=1S/C10H16N4O2/c1-7(6-14(2)3)13-9-5-11-8(4-12-9)10(15)16/h4-5,7H,6H2,1-3H3,(H,12,13)(H,15,16). The van der Waals surface area contributed by atoms with E-state index in [9.17, 15) is 4.79 Å². The Hall–Kier alpha value is -1.69. The summed E-state index contributed by atoms with van der Waals surface area (Å²) in [6, 6.07) is 0.222. The minimum absolute atomic E-state index is 0.0502. The van der Waals surface area contributed by atoms with Gasteiger partial charge < -0.3 is 15.3 Å². The number of nitrogens with one attached hydrogen (secondary N) is 1. The summed E-state index contributed by atoms with van der Waals surface area (Å²) in [5.74, 6) is -0.486. The molecule has 1 rings (SSSR count). The van der Waals surface area contributed by atoms with Crippen LogP contribution in [0.15, 0.2) is 12.4 Å². The highest BCUT2D eigenvalue weighted by atomic mass is 16.4. The van der Waals surface area contributed by atoms with Gasteiger partial charge in [0.15, 0.2) is 5.69 Å². The summed E-state index contributed by atoms with van der Waals surface area (Å²) in [5.41, 5.74) is -0.0502. The van der Waals surface area contributed by atoms with Crippen molar-refractivity contribution in [2.45, 2.75) is 13.0 Å². The third-order valence-corrected chi connectivity index (χ3v) is 1.90. The van der Waals surface area contributed by atoms with Gasteiger partial charge in [0.05, 0.1) is 12.4 Å². The molecule has 2 N–H and O–H groups in total. The molecule has 1 aromatic heterocycles. The number of nitrogens with zero attached hydrogens (tertiary/aromatic N) is 3. The van der Waals surface area contributed by atoms with E-state index in [0.29, 0.717) is 5.82 Å². The summed E-state index contributed by atoms with van der Waals surface area (Å²) in [7, 11) is 3.97. The zero-order valence-electron chi connectivity index (χ0n) is 9.64. The largest absolute Gasteiger partial charge is 0.476 e. The lowest BCUT2D eigenvalue weighted by Crippen LogP contribution is -2.30. The monoisotopic (exact) mass is 224 g/mol. The molecule has 0 amide bonds. The molecule has 6 nitrogen and oxygen atoms in total. The van der Waals surface area contributed by atoms with Crippen molar-refractivity contribution in [2.75, 3.05) is 26.0 Å². The van der Waals surface area contributed by atoms with Crippen LogP contribution >= 0.6 is 0 Å². The first-order valence-electron chi connectivity index (χ1n) is 4.95. The first-order valence-corrected chi connectivity index (χ1v) is 4.95. The maximum Gasteiger partial charge on any atom is 0.356 e. The molecule has 0 aliphatic heterocycles. The molecule has 1 heterocycles. The minimum atomic E-state index is -1.07. The van der Waals surface area contributed by atoms with Gasteiger partial charge in [0.1, 0.15) is 5.82 Å². The molecule has 0 aromatic carbocycles. The number of hydrogen-bond acceptors (Lipinski definition) is 5. The van der Waals surface area contributed by atoms with Gasteiger partial charge in [0, 0.05) is 12.6 Å². The van der Waals surface area contributed by atoms with Crippen molar-refractivity contribution >= 4 is 11.8 Å². The second-order valence-corrected chi connectivity index (χ2v) is 3.90. The zero-order chi connectivity index (χ0) is 12.1. The Labute approximate surface area is 94.3 Å². The second kappa shape index (κ2) is 5.41. The van der Waals surface area contributed by atoms with Crippen molar-refractivity contribution in [2.24, 2.45) is 0 Å². The fraction of sp³-hybridized carbons (Fsp3) is 0.500. The van der Waals surface area contributed by atoms with Gasteiger partial charge in [-0.1, -0.05) is 0 Å². The third kappa shape index (κ3) is 3.82. The average molecular weight is 224 g/mol. The molecule has 1 atom stereocenters. The van der Waals surface area contributed by atoms with E-state index in [-0.39, 0.29) is 11.7 Å². The van der Waals surface area contributed by atoms with Gasteiger partial charge in [0.2, 0.25) is 0 Å². The maximum atomic E-state index is 10.6. The van der Waals surface area contributed by atoms with Crippen LogP contribution in [0.2, 0.25) is 0 Å². The van der Waals surface area contributed by atoms with Crippen LogP contribution in [0, 0.1) is 0 Å². The van der Waals surface area contributed by atoms with Gasteiger partial charge in [-0.3, -0.25) is 0 Å². The van der Waals surface area contributed by atoms with Gasteiger partial charge in [-0.05, 0) is 21.0 Å². The fourth-order valence-electron chi connectivity index (χ4n) is 1.36. The highest BCUT2D eigenvalue weighted by Crippen LogP contribution is 2.03. The van der Waals surface area contributed by atoms with Crippen LogP contribution in [-0.2, 0) is 0 Å². The van der Waals surface area contributed by atoms with Gasteiger partial charge in [-0.2, -0.15) is 0 Å². The SMILES string of the molecule is CC(CN(C)C)Nc1cnc(C(=O)O)cn1. The lowest BCUT2D eigenvalue weighted by molar-refractivity contribution is 0.0690. The summed E-state index contributed by atoms with van der Waals surface area (Å²) in [4.78, 5) is 20.3. The van der Waals surface area contributed by atoms with Gasteiger partial charge >= 0.3 is 5.97 Å². The topological polar surface area (TPSA) is 78.4 Å². The van der Waals surface area contributed by atoms with Crippen LogP contribution in [-0.4, -0.2) is 52.6 Å². The first kappa shape index (κ1) is 12.4. The number of carbonyl (C=O) groups is 1. The molecule has 1 aromatic rings. The Morgan fingerprint density at radius 2 is 2.19 bits per heavy atom. The number of aromatic carboxylic acids is 1. The Balaban J connectivity index is 2.58. The second-order valence-electron chi connectivity index (χ2n) is 3.90. The van der Waals surface area contributed by atoms with Crippen LogP contribution < -0.4 is 5.32 Å². The van der Waals surface area contributed by atoms with E-state index in [1.54, 1.807) is 0 Å². The number of anilines is 1. The molecule has 88 valence electrons. The molecule has 6 heteroatoms. The summed E-state index contributed by atoms with van der Waals surface area (Å²) in [6.45, 7) is 2.88. The number of carboxylic acids is 1. The molecule has 0 saturated heterocycles. The number of hydrogen-bond donors (Lipinski definition) is 2. The van der Waals surface area contributed by atoms with Crippen molar-refractivity contribution in [3.8, 4) is 0 Å². The van der Waals surface area contributed by atoms with Crippen molar-refractivity contribution in [1.82, 2.24) is 14.9 Å². The number of likely N-dealkylation sites (N-methyl/N-ethyl adjacent to an activating group) is 1. The van der Waals surface area contributed by atoms with Crippen molar-refractivity contribution in [1.29, 1.82) is 0 Å². The molecular weight excluding hydrogens is 208 g/mol. The van der Waals surface area contributed by atoms with E-state index in [1.807, 2.05) is 21.0 Å². The highest BCUT2D eigenvalue weighted by Gasteiger charge is 2.07. The number of aromatic nitrogens is 2. The Morgan fingerprint density at radius 3 is 2.62 bits per heavy atom. The molecule has 0 aliphatic rings. The summed E-state index contributed by atoms with van der Waals surface area (Å²) in [5, 5.41) is 11.8. The Bertz CT molecular complexity index is 350. The molecule has 0 bridgehead atoms. The van der Waals surface area contributed by atoms with E-state index in [0.717, 1.165) is 6.54 Å². The van der Waals surface area contributed by atoms with E-state index in [4.69, 9.17) is 5.11 Å². The molecule has 0 spiro atoms. The molecule has 1 unspecified atom stereocenters. The number of rotatable bonds is 5. The Kier molecular flexibility index (Phi) is 4.19. The van der Waals surface area contributed by atoms with Gasteiger partial charge in [0.25, 0.3) is 0 Å². The van der Waals surface area contributed by atoms with Gasteiger partial charge in [-0.25, -0.2) is 14.8 Å². The molecular formula is C10H16N4O2. The van der Waals surface area contributed by atoms with E-state index >= 15 is 0 Å². The molecule has 0 saturated carbocycles.